The Labute approximate surface area is 114 Å². The number of anilines is 1. The van der Waals surface area contributed by atoms with Crippen LogP contribution in [-0.4, -0.2) is 15.0 Å². The summed E-state index contributed by atoms with van der Waals surface area (Å²) in [6.45, 7) is 2.40. The number of nitrogens with two attached hydrogens (primary N) is 1. The van der Waals surface area contributed by atoms with Gasteiger partial charge < -0.3 is 5.73 Å². The highest BCUT2D eigenvalue weighted by Gasteiger charge is 2.33. The van der Waals surface area contributed by atoms with E-state index < -0.39 is 20.7 Å². The summed E-state index contributed by atoms with van der Waals surface area (Å²) in [5.41, 5.74) is 5.76. The first-order valence-corrected chi connectivity index (χ1v) is 7.83. The third-order valence-corrected chi connectivity index (χ3v) is 5.28. The van der Waals surface area contributed by atoms with E-state index in [9.17, 15) is 12.8 Å². The molecule has 1 aromatic carbocycles. The highest BCUT2D eigenvalue weighted by molar-refractivity contribution is 9.10. The summed E-state index contributed by atoms with van der Waals surface area (Å²) in [6, 6.07) is 2.18. The molecule has 4 nitrogen and oxygen atoms in total. The number of benzene rings is 1. The standard InChI is InChI=1S/C11H14BrFN2O2S/c1-6-2-7(6)5-15-18(16,17)11-4-10(14)8(12)3-9(11)13/h3-4,6-7,15H,2,5,14H2,1H3. The van der Waals surface area contributed by atoms with Gasteiger partial charge in [0.15, 0.2) is 0 Å². The minimum atomic E-state index is -3.83. The van der Waals surface area contributed by atoms with Gasteiger partial charge in [-0.2, -0.15) is 0 Å². The van der Waals surface area contributed by atoms with Crippen molar-refractivity contribution in [2.24, 2.45) is 11.8 Å². The number of sulfonamides is 1. The molecule has 0 bridgehead atoms. The van der Waals surface area contributed by atoms with Gasteiger partial charge in [-0.15, -0.1) is 0 Å². The molecular formula is C11H14BrFN2O2S. The smallest absolute Gasteiger partial charge is 0.243 e. The molecule has 0 amide bonds. The van der Waals surface area contributed by atoms with Gasteiger partial charge in [-0.05, 0) is 46.3 Å². The number of halogens is 2. The first-order valence-electron chi connectivity index (χ1n) is 5.55. The number of nitrogens with one attached hydrogen (secondary N) is 1. The summed E-state index contributed by atoms with van der Waals surface area (Å²) in [4.78, 5) is -0.406. The highest BCUT2D eigenvalue weighted by atomic mass is 79.9. The molecule has 7 heteroatoms. The van der Waals surface area contributed by atoms with Gasteiger partial charge in [-0.3, -0.25) is 0 Å². The van der Waals surface area contributed by atoms with E-state index in [0.717, 1.165) is 18.6 Å². The maximum atomic E-state index is 13.6. The Balaban J connectivity index is 2.21. The van der Waals surface area contributed by atoms with Gasteiger partial charge in [0.05, 0.1) is 0 Å². The van der Waals surface area contributed by atoms with Crippen LogP contribution in [0.25, 0.3) is 0 Å². The molecule has 0 radical (unpaired) electrons. The first-order chi connectivity index (χ1) is 8.31. The Morgan fingerprint density at radius 2 is 2.17 bits per heavy atom. The fourth-order valence-corrected chi connectivity index (χ4v) is 3.23. The normalized spacial score (nSPS) is 23.1. The minimum Gasteiger partial charge on any atom is -0.398 e. The molecule has 2 atom stereocenters. The van der Waals surface area contributed by atoms with Crippen LogP contribution < -0.4 is 10.5 Å². The zero-order chi connectivity index (χ0) is 13.5. The van der Waals surface area contributed by atoms with Gasteiger partial charge in [0.2, 0.25) is 10.0 Å². The molecule has 1 aromatic rings. The summed E-state index contributed by atoms with van der Waals surface area (Å²) in [6.07, 6.45) is 1.01. The fraction of sp³-hybridized carbons (Fsp3) is 0.455. The van der Waals surface area contributed by atoms with Crippen LogP contribution in [0, 0.1) is 17.7 Å². The van der Waals surface area contributed by atoms with E-state index in [-0.39, 0.29) is 5.69 Å². The quantitative estimate of drug-likeness (QED) is 0.827. The van der Waals surface area contributed by atoms with Gasteiger partial charge in [0.25, 0.3) is 0 Å². The Kier molecular flexibility index (Phi) is 3.66. The zero-order valence-electron chi connectivity index (χ0n) is 9.78. The van der Waals surface area contributed by atoms with Gasteiger partial charge in [-0.25, -0.2) is 17.5 Å². The van der Waals surface area contributed by atoms with E-state index >= 15 is 0 Å². The van der Waals surface area contributed by atoms with Crippen molar-refractivity contribution in [1.82, 2.24) is 4.72 Å². The average molecular weight is 337 g/mol. The van der Waals surface area contributed by atoms with E-state index in [1.807, 2.05) is 0 Å². The summed E-state index contributed by atoms with van der Waals surface area (Å²) < 4.78 is 40.3. The third kappa shape index (κ3) is 2.84. The van der Waals surface area contributed by atoms with Crippen molar-refractivity contribution >= 4 is 31.6 Å². The molecule has 1 saturated carbocycles. The van der Waals surface area contributed by atoms with E-state index in [0.29, 0.717) is 22.9 Å². The lowest BCUT2D eigenvalue weighted by molar-refractivity contribution is 0.552. The summed E-state index contributed by atoms with van der Waals surface area (Å²) >= 11 is 3.05. The second-order valence-electron chi connectivity index (χ2n) is 4.63. The van der Waals surface area contributed by atoms with Gasteiger partial charge in [0.1, 0.15) is 10.7 Å². The van der Waals surface area contributed by atoms with Crippen LogP contribution in [-0.2, 0) is 10.0 Å². The summed E-state index contributed by atoms with van der Waals surface area (Å²) in [5, 5.41) is 0. The SMILES string of the molecule is CC1CC1CNS(=O)(=O)c1cc(N)c(Br)cc1F. The fourth-order valence-electron chi connectivity index (χ4n) is 1.73. The summed E-state index contributed by atoms with van der Waals surface area (Å²) in [7, 11) is -3.83. The lowest BCUT2D eigenvalue weighted by atomic mass is 10.3. The van der Waals surface area contributed by atoms with Crippen LogP contribution in [0.5, 0.6) is 0 Å². The van der Waals surface area contributed by atoms with Crippen molar-refractivity contribution < 1.29 is 12.8 Å². The molecule has 18 heavy (non-hydrogen) atoms. The third-order valence-electron chi connectivity index (χ3n) is 3.15. The van der Waals surface area contributed by atoms with Gasteiger partial charge >= 0.3 is 0 Å². The van der Waals surface area contributed by atoms with E-state index in [1.54, 1.807) is 0 Å². The molecule has 2 rings (SSSR count). The molecule has 1 aliphatic carbocycles. The van der Waals surface area contributed by atoms with Crippen molar-refractivity contribution in [1.29, 1.82) is 0 Å². The molecule has 0 spiro atoms. The number of hydrogen-bond acceptors (Lipinski definition) is 3. The van der Waals surface area contributed by atoms with Crippen LogP contribution in [0.2, 0.25) is 0 Å². The maximum absolute atomic E-state index is 13.6. The van der Waals surface area contributed by atoms with Crippen LogP contribution in [0.15, 0.2) is 21.5 Å². The largest absolute Gasteiger partial charge is 0.398 e. The molecular weight excluding hydrogens is 323 g/mol. The number of nitrogen functional groups attached to an aromatic ring is 1. The van der Waals surface area contributed by atoms with Gasteiger partial charge in [-0.1, -0.05) is 6.92 Å². The van der Waals surface area contributed by atoms with Crippen molar-refractivity contribution in [3.05, 3.63) is 22.4 Å². The van der Waals surface area contributed by atoms with Crippen molar-refractivity contribution in [2.75, 3.05) is 12.3 Å². The molecule has 0 aromatic heterocycles. The Morgan fingerprint density at radius 3 is 2.72 bits per heavy atom. The molecule has 100 valence electrons. The van der Waals surface area contributed by atoms with E-state index in [4.69, 9.17) is 5.73 Å². The maximum Gasteiger partial charge on any atom is 0.243 e. The molecule has 0 aliphatic heterocycles. The second-order valence-corrected chi connectivity index (χ2v) is 7.22. The Bertz CT molecular complexity index is 577. The van der Waals surface area contributed by atoms with E-state index in [2.05, 4.69) is 27.6 Å². The minimum absolute atomic E-state index is 0.191. The van der Waals surface area contributed by atoms with Crippen LogP contribution in [0.1, 0.15) is 13.3 Å². The molecule has 1 aliphatic rings. The predicted octanol–water partition coefficient (Wildman–Crippen LogP) is 2.10. The van der Waals surface area contributed by atoms with Crippen LogP contribution in [0.4, 0.5) is 10.1 Å². The number of rotatable bonds is 4. The van der Waals surface area contributed by atoms with E-state index in [1.165, 1.54) is 0 Å². The molecule has 1 fully saturated rings. The average Bonchev–Trinajstić information content (AvgIpc) is 2.97. The molecule has 0 saturated heterocycles. The highest BCUT2D eigenvalue weighted by Crippen LogP contribution is 2.37. The predicted molar refractivity (Wildman–Crippen MR) is 71.0 cm³/mol. The van der Waals surface area contributed by atoms with Crippen molar-refractivity contribution in [3.63, 3.8) is 0 Å². The summed E-state index contributed by atoms with van der Waals surface area (Å²) in [5.74, 6) is 0.0792. The molecule has 3 N–H and O–H groups in total. The Hall–Kier alpha value is -0.660. The lowest BCUT2D eigenvalue weighted by Gasteiger charge is -2.09. The first kappa shape index (κ1) is 13.8. The lowest BCUT2D eigenvalue weighted by Crippen LogP contribution is -2.27. The second kappa shape index (κ2) is 4.79. The topological polar surface area (TPSA) is 72.2 Å². The molecule has 0 heterocycles. The molecule has 2 unspecified atom stereocenters. The van der Waals surface area contributed by atoms with Crippen molar-refractivity contribution in [2.45, 2.75) is 18.2 Å². The van der Waals surface area contributed by atoms with Crippen LogP contribution in [0.3, 0.4) is 0 Å². The zero-order valence-corrected chi connectivity index (χ0v) is 12.2. The Morgan fingerprint density at radius 1 is 1.56 bits per heavy atom. The van der Waals surface area contributed by atoms with Crippen molar-refractivity contribution in [3.8, 4) is 0 Å². The van der Waals surface area contributed by atoms with Gasteiger partial charge in [0, 0.05) is 16.7 Å². The number of hydrogen-bond donors (Lipinski definition) is 2. The van der Waals surface area contributed by atoms with Crippen LogP contribution >= 0.6 is 15.9 Å². The monoisotopic (exact) mass is 336 g/mol.